The van der Waals surface area contributed by atoms with E-state index in [-0.39, 0.29) is 22.1 Å². The number of amides is 2. The predicted molar refractivity (Wildman–Crippen MR) is 88.6 cm³/mol. The van der Waals surface area contributed by atoms with Crippen molar-refractivity contribution in [1.29, 1.82) is 0 Å². The summed E-state index contributed by atoms with van der Waals surface area (Å²) in [6, 6.07) is -0.102. The second kappa shape index (κ2) is 6.69. The van der Waals surface area contributed by atoms with E-state index in [0.717, 1.165) is 37.5 Å². The first-order chi connectivity index (χ1) is 11.5. The van der Waals surface area contributed by atoms with Gasteiger partial charge in [-0.25, -0.2) is 14.8 Å². The summed E-state index contributed by atoms with van der Waals surface area (Å²) >= 11 is 0.957. The largest absolute Gasteiger partial charge is 0.440 e. The van der Waals surface area contributed by atoms with Gasteiger partial charge in [0.25, 0.3) is 0 Å². The van der Waals surface area contributed by atoms with Crippen LogP contribution in [-0.4, -0.2) is 95.4 Å². The van der Waals surface area contributed by atoms with Crippen molar-refractivity contribution in [3.63, 3.8) is 0 Å². The molecule has 3 heterocycles. The minimum absolute atomic E-state index is 0.0324. The summed E-state index contributed by atoms with van der Waals surface area (Å²) in [4.78, 5) is 29.6. The van der Waals surface area contributed by atoms with Gasteiger partial charge in [0.1, 0.15) is 12.7 Å². The molecule has 0 bridgehead atoms. The molecule has 2 aliphatic rings. The molecule has 10 nitrogen and oxygen atoms in total. The second-order valence-corrected chi connectivity index (χ2v) is 7.07. The third kappa shape index (κ3) is 3.00. The van der Waals surface area contributed by atoms with E-state index in [4.69, 9.17) is 5.11 Å². The summed E-state index contributed by atoms with van der Waals surface area (Å²) in [5.41, 5.74) is 0. The van der Waals surface area contributed by atoms with Crippen LogP contribution < -0.4 is 4.48 Å². The van der Waals surface area contributed by atoms with E-state index in [9.17, 15) is 14.9 Å². The van der Waals surface area contributed by atoms with Gasteiger partial charge in [0.15, 0.2) is 0 Å². The van der Waals surface area contributed by atoms with Crippen molar-refractivity contribution in [2.75, 3.05) is 59.5 Å². The Balaban J connectivity index is 1.69. The van der Waals surface area contributed by atoms with Crippen molar-refractivity contribution < 1.29 is 14.8 Å². The number of nitro groups is 1. The molecule has 0 radical (unpaired) electrons. The minimum Gasteiger partial charge on any atom is -0.395 e. The van der Waals surface area contributed by atoms with Crippen LogP contribution in [0, 0.1) is 10.1 Å². The number of carbonyl (C=O) groups excluding carboxylic acids is 1. The molecular weight excluding hydrogens is 336 g/mol. The highest BCUT2D eigenvalue weighted by Crippen LogP contribution is 2.35. The molecule has 0 saturated carbocycles. The average Bonchev–Trinajstić information content (AvgIpc) is 3.16. The van der Waals surface area contributed by atoms with E-state index in [1.807, 2.05) is 5.01 Å². The number of aliphatic hydroxyl groups excluding tert-OH is 1. The lowest BCUT2D eigenvalue weighted by molar-refractivity contribution is -0.380. The van der Waals surface area contributed by atoms with Crippen LogP contribution >= 0.6 is 11.3 Å². The lowest BCUT2D eigenvalue weighted by Gasteiger charge is -2.38. The highest BCUT2D eigenvalue weighted by atomic mass is 32.1. The summed E-state index contributed by atoms with van der Waals surface area (Å²) < 4.78 is -0.0324. The summed E-state index contributed by atoms with van der Waals surface area (Å²) in [6.07, 6.45) is 1.22. The number of hydrogen-bond donors (Lipinski definition) is 1. The number of likely N-dealkylation sites (N-methyl/N-ethyl adjacent to an activating group) is 1. The molecule has 2 amide bonds. The number of urea groups is 1. The zero-order valence-corrected chi connectivity index (χ0v) is 14.3. The van der Waals surface area contributed by atoms with Crippen molar-refractivity contribution in [2.24, 2.45) is 0 Å². The van der Waals surface area contributed by atoms with E-state index < -0.39 is 4.92 Å². The Labute approximate surface area is 143 Å². The monoisotopic (exact) mass is 357 g/mol. The summed E-state index contributed by atoms with van der Waals surface area (Å²) in [5.74, 6) is 0. The molecule has 1 N–H and O–H groups in total. The lowest BCUT2D eigenvalue weighted by Crippen LogP contribution is -2.57. The number of hydrazine groups is 1. The number of carbonyl (C=O) groups is 1. The van der Waals surface area contributed by atoms with Gasteiger partial charge in [0.05, 0.1) is 25.1 Å². The van der Waals surface area contributed by atoms with Gasteiger partial charge in [0, 0.05) is 44.1 Å². The number of β-amino-alcohol motifs (C(OH)–C–C–N with tert-alkyl or cyclic N) is 1. The van der Waals surface area contributed by atoms with Gasteiger partial charge in [-0.2, -0.15) is 9.47 Å². The summed E-state index contributed by atoms with van der Waals surface area (Å²) in [7, 11) is 1.76. The van der Waals surface area contributed by atoms with Gasteiger partial charge in [-0.1, -0.05) is 0 Å². The smallest absolute Gasteiger partial charge is 0.395 e. The molecule has 1 aromatic rings. The fourth-order valence-corrected chi connectivity index (χ4v) is 3.94. The number of quaternary nitrogens is 1. The van der Waals surface area contributed by atoms with Gasteiger partial charge in [-0.15, -0.1) is 0 Å². The van der Waals surface area contributed by atoms with Crippen LogP contribution in [0.5, 0.6) is 0 Å². The van der Waals surface area contributed by atoms with Crippen molar-refractivity contribution in [1.82, 2.24) is 24.4 Å². The zero-order valence-electron chi connectivity index (χ0n) is 13.5. The van der Waals surface area contributed by atoms with Gasteiger partial charge in [0.2, 0.25) is 0 Å². The average molecular weight is 357 g/mol. The third-order valence-electron chi connectivity index (χ3n) is 4.59. The van der Waals surface area contributed by atoms with Crippen molar-refractivity contribution in [2.45, 2.75) is 0 Å². The summed E-state index contributed by atoms with van der Waals surface area (Å²) in [6.45, 7) is 4.96. The molecule has 3 rings (SSSR count). The molecule has 0 aliphatic carbocycles. The van der Waals surface area contributed by atoms with Gasteiger partial charge in [-0.3, -0.25) is 15.0 Å². The molecule has 2 aliphatic heterocycles. The maximum Gasteiger partial charge on any atom is 0.440 e. The van der Waals surface area contributed by atoms with Crippen molar-refractivity contribution in [3.05, 3.63) is 16.3 Å². The Kier molecular flexibility index (Phi) is 4.78. The molecule has 1 unspecified atom stereocenters. The SMILES string of the molecule is C[N+]1(c2ncc([N+](=O)[O-])s2)CCN(N2CCN(CCO)CC2)C1=O. The lowest BCUT2D eigenvalue weighted by atomic mass is 10.3. The fourth-order valence-electron chi connectivity index (χ4n) is 3.09. The Morgan fingerprint density at radius 2 is 2.08 bits per heavy atom. The Morgan fingerprint density at radius 3 is 2.67 bits per heavy atom. The van der Waals surface area contributed by atoms with Crippen molar-refractivity contribution >= 4 is 27.5 Å². The highest BCUT2D eigenvalue weighted by Gasteiger charge is 2.50. The number of piperazine rings is 1. The van der Waals surface area contributed by atoms with E-state index >= 15 is 0 Å². The molecule has 1 atom stereocenters. The molecule has 2 saturated heterocycles. The van der Waals surface area contributed by atoms with Crippen LogP contribution in [0.4, 0.5) is 14.9 Å². The number of hydrogen-bond acceptors (Lipinski definition) is 8. The maximum absolute atomic E-state index is 12.9. The minimum atomic E-state index is -0.480. The quantitative estimate of drug-likeness (QED) is 0.448. The van der Waals surface area contributed by atoms with Crippen LogP contribution in [0.3, 0.4) is 0 Å². The van der Waals surface area contributed by atoms with E-state index in [1.165, 1.54) is 6.20 Å². The normalized spacial score (nSPS) is 26.2. The first-order valence-electron chi connectivity index (χ1n) is 7.82. The van der Waals surface area contributed by atoms with E-state index in [2.05, 4.69) is 9.88 Å². The van der Waals surface area contributed by atoms with Crippen LogP contribution in [0.25, 0.3) is 0 Å². The first kappa shape index (κ1) is 17.2. The topological polar surface area (TPSA) is 103 Å². The third-order valence-corrected chi connectivity index (χ3v) is 5.75. The summed E-state index contributed by atoms with van der Waals surface area (Å²) in [5, 5.41) is 24.0. The standard InChI is InChI=1S/C13H21N6O4S/c1-19(12-14-10-11(24-12)18(22)23)8-6-17(13(19)21)16-4-2-15(3-5-16)7-9-20/h10,20H,2-9H2,1H3/q+1. The molecule has 0 aromatic carbocycles. The zero-order chi connectivity index (χ0) is 17.3. The Morgan fingerprint density at radius 1 is 1.38 bits per heavy atom. The Bertz CT molecular complexity index is 632. The van der Waals surface area contributed by atoms with Gasteiger partial charge < -0.3 is 5.11 Å². The van der Waals surface area contributed by atoms with Crippen LogP contribution in [0.15, 0.2) is 6.20 Å². The van der Waals surface area contributed by atoms with Crippen LogP contribution in [0.2, 0.25) is 0 Å². The van der Waals surface area contributed by atoms with E-state index in [0.29, 0.717) is 24.8 Å². The number of nitrogens with zero attached hydrogens (tertiary/aromatic N) is 6. The van der Waals surface area contributed by atoms with Crippen LogP contribution in [0.1, 0.15) is 0 Å². The fraction of sp³-hybridized carbons (Fsp3) is 0.692. The maximum atomic E-state index is 12.9. The predicted octanol–water partition coefficient (Wildman–Crippen LogP) is -0.0511. The Hall–Kier alpha value is -1.66. The molecule has 11 heteroatoms. The highest BCUT2D eigenvalue weighted by molar-refractivity contribution is 7.18. The number of aliphatic hydroxyl groups is 1. The first-order valence-corrected chi connectivity index (χ1v) is 8.64. The second-order valence-electron chi connectivity index (χ2n) is 6.08. The molecule has 24 heavy (non-hydrogen) atoms. The molecule has 2 fully saturated rings. The molecule has 0 spiro atoms. The molecule has 1 aromatic heterocycles. The molecular formula is C13H21N6O4S+. The van der Waals surface area contributed by atoms with Gasteiger partial charge in [-0.05, 0) is 0 Å². The molecule has 132 valence electrons. The van der Waals surface area contributed by atoms with Gasteiger partial charge >= 0.3 is 16.2 Å². The van der Waals surface area contributed by atoms with E-state index in [1.54, 1.807) is 12.1 Å². The number of rotatable bonds is 5. The number of aromatic nitrogens is 1. The van der Waals surface area contributed by atoms with Crippen molar-refractivity contribution in [3.8, 4) is 0 Å². The van der Waals surface area contributed by atoms with Crippen LogP contribution in [-0.2, 0) is 0 Å². The number of thiazole rings is 1.